The van der Waals surface area contributed by atoms with Crippen LogP contribution in [0, 0.1) is 12.7 Å². The normalized spacial score (nSPS) is 12.0. The molecule has 0 aliphatic rings. The van der Waals surface area contributed by atoms with Crippen LogP contribution in [-0.2, 0) is 6.54 Å². The first-order valence-electron chi connectivity index (χ1n) is 7.48. The number of nitrogens with zero attached hydrogens (tertiary/aromatic N) is 2. The molecule has 124 valence electrons. The fourth-order valence-electron chi connectivity index (χ4n) is 2.23. The molecule has 0 radical (unpaired) electrons. The molecule has 2 amide bonds. The van der Waals surface area contributed by atoms with Gasteiger partial charge in [0.05, 0.1) is 12.6 Å². The zero-order chi connectivity index (χ0) is 16.7. The highest BCUT2D eigenvalue weighted by atomic mass is 19.1. The van der Waals surface area contributed by atoms with E-state index in [-0.39, 0.29) is 18.5 Å². The fourth-order valence-corrected chi connectivity index (χ4v) is 2.23. The summed E-state index contributed by atoms with van der Waals surface area (Å²) in [7, 11) is 0. The quantitative estimate of drug-likeness (QED) is 0.680. The highest BCUT2D eigenvalue weighted by Crippen LogP contribution is 2.12. The molecule has 6 nitrogen and oxygen atoms in total. The number of aromatic nitrogens is 2. The molecule has 2 aromatic rings. The third-order valence-electron chi connectivity index (χ3n) is 3.55. The van der Waals surface area contributed by atoms with E-state index in [1.54, 1.807) is 6.20 Å². The number of nitrogens with one attached hydrogen (secondary N) is 2. The molecule has 23 heavy (non-hydrogen) atoms. The molecule has 0 saturated carbocycles. The fraction of sp³-hybridized carbons (Fsp3) is 0.375. The van der Waals surface area contributed by atoms with Gasteiger partial charge >= 0.3 is 6.03 Å². The molecular weight excluding hydrogens is 299 g/mol. The van der Waals surface area contributed by atoms with E-state index < -0.39 is 6.04 Å². The van der Waals surface area contributed by atoms with Gasteiger partial charge in [0.2, 0.25) is 0 Å². The second-order valence-electron chi connectivity index (χ2n) is 5.21. The summed E-state index contributed by atoms with van der Waals surface area (Å²) < 4.78 is 14.9. The van der Waals surface area contributed by atoms with E-state index in [1.807, 2.05) is 17.7 Å². The maximum absolute atomic E-state index is 12.9. The largest absolute Gasteiger partial charge is 0.394 e. The predicted molar refractivity (Wildman–Crippen MR) is 84.3 cm³/mol. The molecule has 3 N–H and O–H groups in total. The number of aliphatic hydroxyl groups excluding tert-OH is 1. The Morgan fingerprint density at radius 3 is 2.74 bits per heavy atom. The van der Waals surface area contributed by atoms with E-state index in [1.165, 1.54) is 24.3 Å². The lowest BCUT2D eigenvalue weighted by Crippen LogP contribution is -2.39. The minimum absolute atomic E-state index is 0.257. The molecule has 1 aromatic heterocycles. The van der Waals surface area contributed by atoms with Crippen molar-refractivity contribution < 1.29 is 14.3 Å². The standard InChI is InChI=1S/C16H21FN4O2/c1-12-18-8-10-21(12)9-2-7-19-16(23)20-15(11-22)13-3-5-14(17)6-4-13/h3-6,8,10,15,22H,2,7,9,11H2,1H3,(H2,19,20,23). The lowest BCUT2D eigenvalue weighted by atomic mass is 10.1. The van der Waals surface area contributed by atoms with Gasteiger partial charge in [-0.3, -0.25) is 0 Å². The zero-order valence-corrected chi connectivity index (χ0v) is 13.0. The van der Waals surface area contributed by atoms with Crippen LogP contribution in [0.15, 0.2) is 36.7 Å². The number of benzene rings is 1. The van der Waals surface area contributed by atoms with E-state index in [4.69, 9.17) is 0 Å². The third-order valence-corrected chi connectivity index (χ3v) is 3.55. The van der Waals surface area contributed by atoms with Gasteiger partial charge in [0, 0.05) is 25.5 Å². The Balaban J connectivity index is 1.74. The summed E-state index contributed by atoms with van der Waals surface area (Å²) in [5, 5.41) is 14.8. The van der Waals surface area contributed by atoms with Crippen molar-refractivity contribution >= 4 is 6.03 Å². The highest BCUT2D eigenvalue weighted by molar-refractivity contribution is 5.74. The number of rotatable bonds is 7. The summed E-state index contributed by atoms with van der Waals surface area (Å²) in [6.07, 6.45) is 4.40. The van der Waals surface area contributed by atoms with Crippen LogP contribution in [0.4, 0.5) is 9.18 Å². The van der Waals surface area contributed by atoms with Crippen LogP contribution in [-0.4, -0.2) is 33.8 Å². The van der Waals surface area contributed by atoms with Crippen molar-refractivity contribution in [3.05, 3.63) is 53.9 Å². The summed E-state index contributed by atoms with van der Waals surface area (Å²) in [6.45, 7) is 2.94. The van der Waals surface area contributed by atoms with Crippen molar-refractivity contribution in [2.24, 2.45) is 0 Å². The predicted octanol–water partition coefficient (Wildman–Crippen LogP) is 1.75. The van der Waals surface area contributed by atoms with Gasteiger partial charge in [-0.1, -0.05) is 12.1 Å². The number of hydrogen-bond acceptors (Lipinski definition) is 3. The number of carbonyl (C=O) groups excluding carboxylic acids is 1. The van der Waals surface area contributed by atoms with Gasteiger partial charge in [-0.15, -0.1) is 0 Å². The molecule has 0 saturated heterocycles. The lowest BCUT2D eigenvalue weighted by molar-refractivity contribution is 0.216. The Labute approximate surface area is 134 Å². The van der Waals surface area contributed by atoms with Gasteiger partial charge in [-0.2, -0.15) is 0 Å². The highest BCUT2D eigenvalue weighted by Gasteiger charge is 2.13. The minimum Gasteiger partial charge on any atom is -0.394 e. The molecule has 0 aliphatic carbocycles. The zero-order valence-electron chi connectivity index (χ0n) is 13.0. The number of hydrogen-bond donors (Lipinski definition) is 3. The Hall–Kier alpha value is -2.41. The van der Waals surface area contributed by atoms with E-state index in [2.05, 4.69) is 15.6 Å². The maximum Gasteiger partial charge on any atom is 0.315 e. The summed E-state index contributed by atoms with van der Waals surface area (Å²) in [6, 6.07) is 4.74. The van der Waals surface area contributed by atoms with Gasteiger partial charge in [0.25, 0.3) is 0 Å². The van der Waals surface area contributed by atoms with Crippen LogP contribution in [0.5, 0.6) is 0 Å². The monoisotopic (exact) mass is 320 g/mol. The first-order valence-corrected chi connectivity index (χ1v) is 7.48. The van der Waals surface area contributed by atoms with Crippen molar-refractivity contribution in [1.82, 2.24) is 20.2 Å². The Kier molecular flexibility index (Phi) is 6.10. The van der Waals surface area contributed by atoms with Crippen LogP contribution < -0.4 is 10.6 Å². The van der Waals surface area contributed by atoms with Gasteiger partial charge in [-0.25, -0.2) is 14.2 Å². The topological polar surface area (TPSA) is 79.2 Å². The van der Waals surface area contributed by atoms with E-state index in [9.17, 15) is 14.3 Å². The SMILES string of the molecule is Cc1nccn1CCCNC(=O)NC(CO)c1ccc(F)cc1. The van der Waals surface area contributed by atoms with Crippen molar-refractivity contribution in [3.63, 3.8) is 0 Å². The lowest BCUT2D eigenvalue weighted by Gasteiger charge is -2.17. The summed E-state index contributed by atoms with van der Waals surface area (Å²) in [4.78, 5) is 16.0. The van der Waals surface area contributed by atoms with Crippen LogP contribution in [0.25, 0.3) is 0 Å². The van der Waals surface area contributed by atoms with Gasteiger partial charge in [0.15, 0.2) is 0 Å². The van der Waals surface area contributed by atoms with Crippen LogP contribution in [0.1, 0.15) is 23.9 Å². The molecule has 0 aliphatic heterocycles. The smallest absolute Gasteiger partial charge is 0.315 e. The van der Waals surface area contributed by atoms with Gasteiger partial charge in [-0.05, 0) is 31.0 Å². The number of aliphatic hydroxyl groups is 1. The molecule has 0 fully saturated rings. The van der Waals surface area contributed by atoms with Crippen molar-refractivity contribution in [1.29, 1.82) is 0 Å². The number of imidazole rings is 1. The van der Waals surface area contributed by atoms with Crippen LogP contribution >= 0.6 is 0 Å². The van der Waals surface area contributed by atoms with Crippen molar-refractivity contribution in [2.45, 2.75) is 25.9 Å². The first kappa shape index (κ1) is 17.0. The van der Waals surface area contributed by atoms with Crippen molar-refractivity contribution in [3.8, 4) is 0 Å². The molecule has 7 heteroatoms. The van der Waals surface area contributed by atoms with Gasteiger partial charge < -0.3 is 20.3 Å². The minimum atomic E-state index is -0.563. The summed E-state index contributed by atoms with van der Waals surface area (Å²) in [5.41, 5.74) is 0.651. The second kappa shape index (κ2) is 8.28. The summed E-state index contributed by atoms with van der Waals surface area (Å²) >= 11 is 0. The Morgan fingerprint density at radius 2 is 2.13 bits per heavy atom. The number of aryl methyl sites for hydroxylation is 2. The molecule has 0 bridgehead atoms. The van der Waals surface area contributed by atoms with Gasteiger partial charge in [0.1, 0.15) is 11.6 Å². The Morgan fingerprint density at radius 1 is 1.39 bits per heavy atom. The number of urea groups is 1. The maximum atomic E-state index is 12.9. The van der Waals surface area contributed by atoms with E-state index in [0.29, 0.717) is 12.1 Å². The van der Waals surface area contributed by atoms with Crippen molar-refractivity contribution in [2.75, 3.05) is 13.2 Å². The molecular formula is C16H21FN4O2. The first-order chi connectivity index (χ1) is 11.1. The van der Waals surface area contributed by atoms with Crippen LogP contribution in [0.3, 0.4) is 0 Å². The average molecular weight is 320 g/mol. The molecule has 1 atom stereocenters. The number of halogens is 1. The second-order valence-corrected chi connectivity index (χ2v) is 5.21. The van der Waals surface area contributed by atoms with Crippen LogP contribution in [0.2, 0.25) is 0 Å². The molecule has 2 rings (SSSR count). The molecule has 0 spiro atoms. The number of amides is 2. The summed E-state index contributed by atoms with van der Waals surface area (Å²) in [5.74, 6) is 0.579. The average Bonchev–Trinajstić information content (AvgIpc) is 2.95. The van der Waals surface area contributed by atoms with E-state index in [0.717, 1.165) is 18.8 Å². The number of carbonyl (C=O) groups is 1. The third kappa shape index (κ3) is 5.07. The Bertz CT molecular complexity index is 627. The molecule has 1 heterocycles. The van der Waals surface area contributed by atoms with E-state index >= 15 is 0 Å². The molecule has 1 unspecified atom stereocenters. The molecule has 1 aromatic carbocycles.